The third-order valence-electron chi connectivity index (χ3n) is 6.91. The molecule has 36 heavy (non-hydrogen) atoms. The summed E-state index contributed by atoms with van der Waals surface area (Å²) >= 11 is 0. The summed E-state index contributed by atoms with van der Waals surface area (Å²) in [7, 11) is 3.00. The van der Waals surface area contributed by atoms with Gasteiger partial charge in [-0.3, -0.25) is 19.8 Å². The van der Waals surface area contributed by atoms with Crippen LogP contribution in [0.25, 0.3) is 11.0 Å². The Bertz CT molecular complexity index is 1340. The molecule has 1 aliphatic heterocycles. The van der Waals surface area contributed by atoms with Gasteiger partial charge in [-0.15, -0.1) is 0 Å². The van der Waals surface area contributed by atoms with Gasteiger partial charge in [-0.25, -0.2) is 4.98 Å². The topological polar surface area (TPSA) is 135 Å². The number of rotatable bonds is 6. The fourth-order valence-electron chi connectivity index (χ4n) is 5.28. The number of nitrogens with one attached hydrogen (secondary N) is 2. The predicted octanol–water partition coefficient (Wildman–Crippen LogP) is 3.01. The van der Waals surface area contributed by atoms with E-state index in [1.807, 2.05) is 24.3 Å². The van der Waals surface area contributed by atoms with Crippen molar-refractivity contribution >= 4 is 40.1 Å². The number of esters is 1. The normalized spacial score (nSPS) is 23.6. The largest absolute Gasteiger partial charge is 0.497 e. The van der Waals surface area contributed by atoms with Crippen LogP contribution in [0, 0.1) is 11.3 Å². The second kappa shape index (κ2) is 8.78. The number of carbonyl (C=O) groups is 3. The van der Waals surface area contributed by atoms with E-state index >= 15 is 0 Å². The lowest BCUT2D eigenvalue weighted by molar-refractivity contribution is -0.150. The summed E-state index contributed by atoms with van der Waals surface area (Å²) in [4.78, 5) is 49.1. The van der Waals surface area contributed by atoms with Crippen molar-refractivity contribution in [3.05, 3.63) is 48.3 Å². The molecule has 3 unspecified atom stereocenters. The van der Waals surface area contributed by atoms with Crippen LogP contribution in [0.2, 0.25) is 0 Å². The molecule has 0 amide bonds. The SMILES string of the molecule is CCOC(=O)C1CC2(CC1=O)C(=O)C(c1nc3ccccc3[nH]1)C(=N)N2c1cc(OC)cc(OC)c1. The Hall–Kier alpha value is -4.21. The minimum absolute atomic E-state index is 0.0494. The van der Waals surface area contributed by atoms with Crippen LogP contribution < -0.4 is 14.4 Å². The lowest BCUT2D eigenvalue weighted by Crippen LogP contribution is -2.48. The molecular formula is C26H26N4O6. The van der Waals surface area contributed by atoms with Crippen LogP contribution >= 0.6 is 0 Å². The molecule has 0 bridgehead atoms. The Morgan fingerprint density at radius 3 is 2.50 bits per heavy atom. The molecule has 2 N–H and O–H groups in total. The van der Waals surface area contributed by atoms with Gasteiger partial charge in [-0.1, -0.05) is 12.1 Å². The number of fused-ring (bicyclic) bond motifs is 1. The van der Waals surface area contributed by atoms with Crippen molar-refractivity contribution in [2.24, 2.45) is 5.92 Å². The van der Waals surface area contributed by atoms with Crippen LogP contribution in [0.3, 0.4) is 0 Å². The molecule has 2 aromatic carbocycles. The number of anilines is 1. The number of hydrogen-bond donors (Lipinski definition) is 2. The van der Waals surface area contributed by atoms with E-state index in [1.165, 1.54) is 19.1 Å². The van der Waals surface area contributed by atoms with Crippen LogP contribution in [0.5, 0.6) is 11.5 Å². The molecule has 1 spiro atoms. The number of amidine groups is 1. The molecule has 5 rings (SSSR count). The van der Waals surface area contributed by atoms with Crippen molar-refractivity contribution in [3.63, 3.8) is 0 Å². The average Bonchev–Trinajstić information content (AvgIpc) is 3.51. The standard InChI is InChI=1S/C26H26N4O6/c1-4-36-25(33)17-12-26(13-20(17)31)22(32)21(24-28-18-7-5-6-8-19(18)29-24)23(27)30(26)14-9-15(34-2)11-16(10-14)35-3/h5-11,17,21,27H,4,12-13H2,1-3H3,(H,28,29). The van der Waals surface area contributed by atoms with E-state index < -0.39 is 23.3 Å². The summed E-state index contributed by atoms with van der Waals surface area (Å²) in [5.74, 6) is -2.38. The highest BCUT2D eigenvalue weighted by Gasteiger charge is 2.64. The lowest BCUT2D eigenvalue weighted by atomic mass is 9.87. The van der Waals surface area contributed by atoms with Gasteiger partial charge >= 0.3 is 5.97 Å². The van der Waals surface area contributed by atoms with Gasteiger partial charge in [0.05, 0.1) is 37.5 Å². The van der Waals surface area contributed by atoms with Gasteiger partial charge in [0.15, 0.2) is 5.78 Å². The van der Waals surface area contributed by atoms with E-state index in [0.29, 0.717) is 28.5 Å². The molecule has 1 aliphatic carbocycles. The first kappa shape index (κ1) is 23.5. The Kier molecular flexibility index (Phi) is 5.74. The van der Waals surface area contributed by atoms with Crippen LogP contribution in [-0.2, 0) is 19.1 Å². The number of Topliss-reactive ketones (excluding diaryl/α,β-unsaturated/α-hetero) is 2. The number of aromatic nitrogens is 2. The maximum Gasteiger partial charge on any atom is 0.316 e. The number of ketones is 2. The van der Waals surface area contributed by atoms with E-state index in [9.17, 15) is 14.4 Å². The fraction of sp³-hybridized carbons (Fsp3) is 0.346. The highest BCUT2D eigenvalue weighted by molar-refractivity contribution is 6.28. The van der Waals surface area contributed by atoms with Crippen molar-refractivity contribution in [3.8, 4) is 11.5 Å². The van der Waals surface area contributed by atoms with Gasteiger partial charge in [-0.05, 0) is 25.5 Å². The minimum atomic E-state index is -1.45. The monoisotopic (exact) mass is 490 g/mol. The highest BCUT2D eigenvalue weighted by atomic mass is 16.5. The third-order valence-corrected chi connectivity index (χ3v) is 6.91. The number of aromatic amines is 1. The summed E-state index contributed by atoms with van der Waals surface area (Å²) in [5.41, 5.74) is 0.388. The Morgan fingerprint density at radius 2 is 1.86 bits per heavy atom. The Balaban J connectivity index is 1.66. The molecule has 3 aromatic rings. The van der Waals surface area contributed by atoms with Crippen LogP contribution in [0.1, 0.15) is 31.5 Å². The average molecular weight is 491 g/mol. The van der Waals surface area contributed by atoms with Crippen molar-refractivity contribution in [1.29, 1.82) is 5.41 Å². The number of ether oxygens (including phenoxy) is 3. The van der Waals surface area contributed by atoms with Crippen LogP contribution in [0.4, 0.5) is 5.69 Å². The molecule has 2 fully saturated rings. The van der Waals surface area contributed by atoms with Crippen molar-refractivity contribution in [2.45, 2.75) is 31.2 Å². The van der Waals surface area contributed by atoms with Gasteiger partial charge in [0, 0.05) is 24.6 Å². The van der Waals surface area contributed by atoms with Gasteiger partial charge < -0.3 is 24.1 Å². The van der Waals surface area contributed by atoms with Crippen LogP contribution in [0.15, 0.2) is 42.5 Å². The second-order valence-corrected chi connectivity index (χ2v) is 8.91. The van der Waals surface area contributed by atoms with E-state index in [-0.39, 0.29) is 36.9 Å². The van der Waals surface area contributed by atoms with Gasteiger partial charge in [0.25, 0.3) is 0 Å². The van der Waals surface area contributed by atoms with E-state index in [4.69, 9.17) is 19.6 Å². The first-order chi connectivity index (χ1) is 17.3. The molecule has 0 radical (unpaired) electrons. The summed E-state index contributed by atoms with van der Waals surface area (Å²) in [6, 6.07) is 12.4. The first-order valence-corrected chi connectivity index (χ1v) is 11.6. The fourth-order valence-corrected chi connectivity index (χ4v) is 5.28. The summed E-state index contributed by atoms with van der Waals surface area (Å²) < 4.78 is 15.9. The molecule has 1 saturated heterocycles. The summed E-state index contributed by atoms with van der Waals surface area (Å²) in [6.45, 7) is 1.79. The van der Waals surface area contributed by atoms with Crippen molar-refractivity contribution in [1.82, 2.24) is 9.97 Å². The predicted molar refractivity (Wildman–Crippen MR) is 131 cm³/mol. The number of imidazole rings is 1. The number of carbonyl (C=O) groups excluding carboxylic acids is 3. The second-order valence-electron chi connectivity index (χ2n) is 8.91. The molecule has 2 heterocycles. The zero-order chi connectivity index (χ0) is 25.6. The number of para-hydroxylation sites is 2. The van der Waals surface area contributed by atoms with E-state index in [0.717, 1.165) is 5.52 Å². The highest BCUT2D eigenvalue weighted by Crippen LogP contribution is 2.50. The maximum atomic E-state index is 14.2. The van der Waals surface area contributed by atoms with E-state index in [1.54, 1.807) is 25.1 Å². The van der Waals surface area contributed by atoms with E-state index in [2.05, 4.69) is 9.97 Å². The zero-order valence-electron chi connectivity index (χ0n) is 20.2. The molecule has 1 aromatic heterocycles. The van der Waals surface area contributed by atoms with Gasteiger partial charge in [-0.2, -0.15) is 0 Å². The lowest BCUT2D eigenvalue weighted by Gasteiger charge is -2.34. The quantitative estimate of drug-likeness (QED) is 0.398. The molecular weight excluding hydrogens is 464 g/mol. The number of H-pyrrole nitrogens is 1. The minimum Gasteiger partial charge on any atom is -0.497 e. The number of hydrogen-bond acceptors (Lipinski definition) is 8. The van der Waals surface area contributed by atoms with Crippen molar-refractivity contribution in [2.75, 3.05) is 25.7 Å². The van der Waals surface area contributed by atoms with Crippen LogP contribution in [-0.4, -0.2) is 59.7 Å². The Labute approximate surface area is 207 Å². The van der Waals surface area contributed by atoms with Gasteiger partial charge in [0.1, 0.15) is 46.3 Å². The number of benzene rings is 2. The maximum absolute atomic E-state index is 14.2. The zero-order valence-corrected chi connectivity index (χ0v) is 20.2. The summed E-state index contributed by atoms with van der Waals surface area (Å²) in [6.07, 6.45) is -0.323. The summed E-state index contributed by atoms with van der Waals surface area (Å²) in [5, 5.41) is 9.14. The van der Waals surface area contributed by atoms with Gasteiger partial charge in [0.2, 0.25) is 0 Å². The third kappa shape index (κ3) is 3.52. The molecule has 10 nitrogen and oxygen atoms in total. The van der Waals surface area contributed by atoms with Crippen molar-refractivity contribution < 1.29 is 28.6 Å². The smallest absolute Gasteiger partial charge is 0.316 e. The molecule has 10 heteroatoms. The number of methoxy groups -OCH3 is 2. The first-order valence-electron chi connectivity index (χ1n) is 11.6. The Morgan fingerprint density at radius 1 is 1.17 bits per heavy atom. The molecule has 186 valence electrons. The number of nitrogens with zero attached hydrogens (tertiary/aromatic N) is 2. The molecule has 2 aliphatic rings. The molecule has 1 saturated carbocycles. The molecule has 3 atom stereocenters.